The Kier molecular flexibility index (Phi) is 6.92. The van der Waals surface area contributed by atoms with E-state index in [-0.39, 0.29) is 36.4 Å². The number of allylic oxidation sites excluding steroid dienone is 1. The number of ether oxygens (including phenoxy) is 4. The van der Waals surface area contributed by atoms with Crippen molar-refractivity contribution in [2.24, 2.45) is 22.7 Å². The summed E-state index contributed by atoms with van der Waals surface area (Å²) in [6, 6.07) is 0. The van der Waals surface area contributed by atoms with Crippen LogP contribution in [0.4, 0.5) is 0 Å². The van der Waals surface area contributed by atoms with Crippen LogP contribution in [0.1, 0.15) is 66.7 Å². The van der Waals surface area contributed by atoms with Crippen LogP contribution in [0, 0.1) is 22.7 Å². The van der Waals surface area contributed by atoms with E-state index >= 15 is 0 Å². The number of rotatable bonds is 7. The minimum atomic E-state index is -0.831. The van der Waals surface area contributed by atoms with Gasteiger partial charge in [0.1, 0.15) is 24.9 Å². The molecule has 0 amide bonds. The third kappa shape index (κ3) is 4.33. The van der Waals surface area contributed by atoms with Crippen molar-refractivity contribution >= 4 is 17.9 Å². The highest BCUT2D eigenvalue weighted by Gasteiger charge is 2.75. The van der Waals surface area contributed by atoms with Crippen molar-refractivity contribution in [2.75, 3.05) is 19.8 Å². The molecule has 0 aromatic carbocycles. The Hall–Kier alpha value is -2.19. The van der Waals surface area contributed by atoms with Gasteiger partial charge < -0.3 is 24.1 Å². The van der Waals surface area contributed by atoms with E-state index in [1.807, 2.05) is 0 Å². The van der Waals surface area contributed by atoms with Crippen molar-refractivity contribution in [2.45, 2.75) is 84.5 Å². The second kappa shape index (κ2) is 9.36. The smallest absolute Gasteiger partial charge is 0.333 e. The van der Waals surface area contributed by atoms with Gasteiger partial charge in [0.05, 0.1) is 18.1 Å². The first kappa shape index (κ1) is 25.9. The van der Waals surface area contributed by atoms with Crippen LogP contribution >= 0.6 is 0 Å². The monoisotopic (exact) mass is 490 g/mol. The van der Waals surface area contributed by atoms with Gasteiger partial charge in [-0.15, -0.1) is 0 Å². The van der Waals surface area contributed by atoms with E-state index in [0.29, 0.717) is 30.6 Å². The molecule has 2 saturated carbocycles. The number of aliphatic hydroxyl groups excluding tert-OH is 1. The van der Waals surface area contributed by atoms with Crippen molar-refractivity contribution < 1.29 is 38.4 Å². The molecule has 2 aliphatic heterocycles. The van der Waals surface area contributed by atoms with Crippen molar-refractivity contribution in [1.82, 2.24) is 0 Å². The largest absolute Gasteiger partial charge is 0.462 e. The molecule has 4 rings (SSSR count). The zero-order valence-corrected chi connectivity index (χ0v) is 21.4. The molecule has 8 heteroatoms. The molecule has 2 aliphatic carbocycles. The minimum absolute atomic E-state index is 0.0358. The Labute approximate surface area is 207 Å². The van der Waals surface area contributed by atoms with Crippen LogP contribution < -0.4 is 0 Å². The summed E-state index contributed by atoms with van der Waals surface area (Å²) in [6.45, 7) is 9.93. The Bertz CT molecular complexity index is 947. The molecule has 8 nitrogen and oxygen atoms in total. The van der Waals surface area contributed by atoms with E-state index < -0.39 is 35.2 Å². The second-order valence-corrected chi connectivity index (χ2v) is 11.1. The quantitative estimate of drug-likeness (QED) is 0.251. The van der Waals surface area contributed by atoms with Crippen molar-refractivity contribution in [1.29, 1.82) is 0 Å². The average Bonchev–Trinajstić information content (AvgIpc) is 3.45. The summed E-state index contributed by atoms with van der Waals surface area (Å²) in [7, 11) is 0. The molecular weight excluding hydrogens is 452 g/mol. The lowest BCUT2D eigenvalue weighted by Crippen LogP contribution is -2.67. The van der Waals surface area contributed by atoms with E-state index in [2.05, 4.69) is 13.8 Å². The minimum Gasteiger partial charge on any atom is -0.462 e. The SMILES string of the molecule is CC=C(C)C(=O)OCC12C(OC(C)=O)CC(C)C(C)(CC(O)C3=CC(=O)OC3)C1CCCC21CO1. The number of epoxide rings is 1. The third-order valence-corrected chi connectivity index (χ3v) is 9.35. The topological polar surface area (TPSA) is 112 Å². The van der Waals surface area contributed by atoms with Gasteiger partial charge in [-0.25, -0.2) is 9.59 Å². The molecule has 1 spiro atoms. The number of esters is 3. The lowest BCUT2D eigenvalue weighted by Gasteiger charge is -2.63. The number of carbonyl (C=O) groups excluding carboxylic acids is 3. The van der Waals surface area contributed by atoms with Gasteiger partial charge in [-0.3, -0.25) is 4.79 Å². The lowest BCUT2D eigenvalue weighted by atomic mass is 9.42. The van der Waals surface area contributed by atoms with Crippen LogP contribution in [-0.2, 0) is 33.3 Å². The molecule has 1 N–H and O–H groups in total. The summed E-state index contributed by atoms with van der Waals surface area (Å²) in [6.07, 6.45) is 5.37. The van der Waals surface area contributed by atoms with Crippen LogP contribution in [0.5, 0.6) is 0 Å². The molecular formula is C27H38O8. The maximum absolute atomic E-state index is 12.7. The van der Waals surface area contributed by atoms with Crippen LogP contribution in [-0.4, -0.2) is 60.6 Å². The predicted molar refractivity (Wildman–Crippen MR) is 126 cm³/mol. The van der Waals surface area contributed by atoms with Gasteiger partial charge in [0.15, 0.2) is 0 Å². The number of carbonyl (C=O) groups is 3. The second-order valence-electron chi connectivity index (χ2n) is 11.1. The van der Waals surface area contributed by atoms with E-state index in [0.717, 1.165) is 19.3 Å². The molecule has 0 radical (unpaired) electrons. The van der Waals surface area contributed by atoms with Crippen molar-refractivity contribution in [3.63, 3.8) is 0 Å². The van der Waals surface area contributed by atoms with E-state index in [1.54, 1.807) is 19.9 Å². The summed E-state index contributed by atoms with van der Waals surface area (Å²) in [5, 5.41) is 11.1. The highest BCUT2D eigenvalue weighted by atomic mass is 16.6. The van der Waals surface area contributed by atoms with Gasteiger partial charge >= 0.3 is 17.9 Å². The molecule has 0 bridgehead atoms. The van der Waals surface area contributed by atoms with Crippen LogP contribution in [0.2, 0.25) is 0 Å². The Morgan fingerprint density at radius 3 is 2.63 bits per heavy atom. The van der Waals surface area contributed by atoms with Crippen LogP contribution in [0.3, 0.4) is 0 Å². The van der Waals surface area contributed by atoms with E-state index in [9.17, 15) is 19.5 Å². The zero-order chi connectivity index (χ0) is 25.6. The first-order valence-corrected chi connectivity index (χ1v) is 12.7. The fraction of sp³-hybridized carbons (Fsp3) is 0.741. The number of hydrogen-bond donors (Lipinski definition) is 1. The number of hydrogen-bond acceptors (Lipinski definition) is 8. The Morgan fingerprint density at radius 2 is 2.06 bits per heavy atom. The third-order valence-electron chi connectivity index (χ3n) is 9.35. The normalized spacial score (nSPS) is 39.4. The van der Waals surface area contributed by atoms with E-state index in [4.69, 9.17) is 18.9 Å². The number of aliphatic hydroxyl groups is 1. The summed E-state index contributed by atoms with van der Waals surface area (Å²) < 4.78 is 23.1. The first-order valence-electron chi connectivity index (χ1n) is 12.7. The summed E-state index contributed by atoms with van der Waals surface area (Å²) in [4.78, 5) is 36.6. The molecule has 1 saturated heterocycles. The fourth-order valence-corrected chi connectivity index (χ4v) is 7.05. The van der Waals surface area contributed by atoms with Gasteiger partial charge in [0.25, 0.3) is 0 Å². The highest BCUT2D eigenvalue weighted by Crippen LogP contribution is 2.69. The molecule has 0 aromatic heterocycles. The van der Waals surface area contributed by atoms with Crippen molar-refractivity contribution in [3.8, 4) is 0 Å². The predicted octanol–water partition coefficient (Wildman–Crippen LogP) is 3.26. The fourth-order valence-electron chi connectivity index (χ4n) is 7.05. The van der Waals surface area contributed by atoms with Gasteiger partial charge in [0, 0.05) is 24.1 Å². The molecule has 7 atom stereocenters. The summed E-state index contributed by atoms with van der Waals surface area (Å²) >= 11 is 0. The van der Waals surface area contributed by atoms with E-state index in [1.165, 1.54) is 13.0 Å². The molecule has 2 heterocycles. The van der Waals surface area contributed by atoms with Crippen molar-refractivity contribution in [3.05, 3.63) is 23.3 Å². The highest BCUT2D eigenvalue weighted by molar-refractivity contribution is 5.87. The molecule has 4 aliphatic rings. The standard InChI is InChI=1S/C27H38O8/c1-6-16(2)24(31)33-15-27-21(8-7-9-26(27)14-34-26)25(5,17(3)10-22(27)35-18(4)28)12-20(29)19-11-23(30)32-13-19/h6,11,17,20-22,29H,7-10,12-15H2,1-5H3. The molecule has 194 valence electrons. The van der Waals surface area contributed by atoms with Gasteiger partial charge in [-0.1, -0.05) is 26.3 Å². The van der Waals surface area contributed by atoms with Crippen LogP contribution in [0.25, 0.3) is 0 Å². The summed E-state index contributed by atoms with van der Waals surface area (Å²) in [5.74, 6) is -1.13. The molecule has 35 heavy (non-hydrogen) atoms. The van der Waals surface area contributed by atoms with Gasteiger partial charge in [-0.05, 0) is 56.8 Å². The maximum atomic E-state index is 12.7. The lowest BCUT2D eigenvalue weighted by molar-refractivity contribution is -0.231. The van der Waals surface area contributed by atoms with Gasteiger partial charge in [-0.2, -0.15) is 0 Å². The first-order chi connectivity index (χ1) is 16.5. The zero-order valence-electron chi connectivity index (χ0n) is 21.4. The molecule has 3 fully saturated rings. The number of cyclic esters (lactones) is 1. The molecule has 7 unspecified atom stereocenters. The Morgan fingerprint density at radius 1 is 1.34 bits per heavy atom. The maximum Gasteiger partial charge on any atom is 0.333 e. The summed E-state index contributed by atoms with van der Waals surface area (Å²) in [5.41, 5.74) is -0.539. The average molecular weight is 491 g/mol. The van der Waals surface area contributed by atoms with Crippen LogP contribution in [0.15, 0.2) is 23.3 Å². The Balaban J connectivity index is 1.74. The number of fused-ring (bicyclic) bond motifs is 2. The van der Waals surface area contributed by atoms with Gasteiger partial charge in [0.2, 0.25) is 0 Å². The molecule has 0 aromatic rings.